The van der Waals surface area contributed by atoms with Crippen LogP contribution in [0.1, 0.15) is 0 Å². The first kappa shape index (κ1) is 16.0. The zero-order valence-corrected chi connectivity index (χ0v) is 9.42. The summed E-state index contributed by atoms with van der Waals surface area (Å²) in [5, 5.41) is 22.2. The third kappa shape index (κ3) is 9.27. The molecule has 102 valence electrons. The van der Waals surface area contributed by atoms with Crippen molar-refractivity contribution in [2.24, 2.45) is 0 Å². The fraction of sp³-hybridized carbons (Fsp3) is 0.444. The Morgan fingerprint density at radius 2 is 1.94 bits per heavy atom. The molecule has 0 fully saturated rings. The Morgan fingerprint density at radius 1 is 1.28 bits per heavy atom. The molecule has 0 bridgehead atoms. The lowest BCUT2D eigenvalue weighted by Crippen LogP contribution is -2.42. The third-order valence-corrected chi connectivity index (χ3v) is 1.48. The van der Waals surface area contributed by atoms with E-state index >= 15 is 0 Å². The number of rotatable bonds is 8. The highest BCUT2D eigenvalue weighted by Crippen LogP contribution is 1.83. The summed E-state index contributed by atoms with van der Waals surface area (Å²) in [5.74, 6) is -2.91. The number of carbonyl (C=O) groups excluding carboxylic acids is 2. The van der Waals surface area contributed by atoms with E-state index < -0.39 is 30.7 Å². The smallest absolute Gasteiger partial charge is 0.378 e. The van der Waals surface area contributed by atoms with Crippen LogP contribution in [0.4, 0.5) is 0 Å². The highest BCUT2D eigenvalue weighted by molar-refractivity contribution is 5.81. The molecule has 1 unspecified atom stereocenters. The predicted octanol–water partition coefficient (Wildman–Crippen LogP) is -2.24. The van der Waals surface area contributed by atoms with Gasteiger partial charge in [0, 0.05) is 12.6 Å². The van der Waals surface area contributed by atoms with E-state index in [9.17, 15) is 19.5 Å². The maximum absolute atomic E-state index is 10.9. The lowest BCUT2D eigenvalue weighted by Gasteiger charge is -2.11. The second kappa shape index (κ2) is 9.10. The number of carboxylic acid groups (broad SMARTS) is 1. The van der Waals surface area contributed by atoms with Crippen molar-refractivity contribution in [2.75, 3.05) is 19.6 Å². The number of hydrogen-bond donors (Lipinski definition) is 4. The topological polar surface area (TPSA) is 134 Å². The van der Waals surface area contributed by atoms with Crippen molar-refractivity contribution < 1.29 is 34.4 Å². The Morgan fingerprint density at radius 3 is 2.50 bits per heavy atom. The van der Waals surface area contributed by atoms with E-state index in [1.807, 2.05) is 0 Å². The van der Waals surface area contributed by atoms with Gasteiger partial charge in [-0.3, -0.25) is 10.1 Å². The second-order valence-corrected chi connectivity index (χ2v) is 2.98. The molecule has 0 saturated carbocycles. The number of aliphatic hydroxyl groups excluding tert-OH is 1. The van der Waals surface area contributed by atoms with Gasteiger partial charge in [0.25, 0.3) is 0 Å². The van der Waals surface area contributed by atoms with E-state index in [4.69, 9.17) is 5.11 Å². The first-order chi connectivity index (χ1) is 8.45. The standard InChI is InChI=1S/C9H14N2O7/c1-2-8(15)17-18-9(16)5-10-3-6(12)11-4-7(13)14/h2,6,10-12H,1,3-5H2,(H,13,14). The Labute approximate surface area is 102 Å². The molecule has 0 radical (unpaired) electrons. The molecule has 9 heteroatoms. The quantitative estimate of drug-likeness (QED) is 0.166. The van der Waals surface area contributed by atoms with E-state index in [0.29, 0.717) is 0 Å². The van der Waals surface area contributed by atoms with Crippen LogP contribution in [-0.2, 0) is 24.2 Å². The maximum Gasteiger partial charge on any atom is 0.378 e. The van der Waals surface area contributed by atoms with Crippen LogP contribution in [0.25, 0.3) is 0 Å². The number of aliphatic carboxylic acids is 1. The normalized spacial score (nSPS) is 11.4. The van der Waals surface area contributed by atoms with Gasteiger partial charge >= 0.3 is 17.9 Å². The zero-order chi connectivity index (χ0) is 14.0. The molecule has 0 saturated heterocycles. The Hall–Kier alpha value is -1.97. The molecule has 0 aromatic rings. The largest absolute Gasteiger partial charge is 0.480 e. The minimum absolute atomic E-state index is 0.0855. The SMILES string of the molecule is C=CC(=O)OOC(=O)CNCC(O)NCC(=O)O. The van der Waals surface area contributed by atoms with Gasteiger partial charge in [-0.1, -0.05) is 6.58 Å². The van der Waals surface area contributed by atoms with Crippen LogP contribution in [0.2, 0.25) is 0 Å². The molecule has 4 N–H and O–H groups in total. The van der Waals surface area contributed by atoms with Crippen molar-refractivity contribution in [1.29, 1.82) is 0 Å². The van der Waals surface area contributed by atoms with E-state index in [2.05, 4.69) is 27.0 Å². The van der Waals surface area contributed by atoms with Gasteiger partial charge in [0.2, 0.25) is 0 Å². The van der Waals surface area contributed by atoms with Crippen LogP contribution in [0.5, 0.6) is 0 Å². The van der Waals surface area contributed by atoms with Gasteiger partial charge in [0.1, 0.15) is 6.23 Å². The molecule has 0 aliphatic carbocycles. The van der Waals surface area contributed by atoms with Gasteiger partial charge in [-0.2, -0.15) is 0 Å². The maximum atomic E-state index is 10.9. The van der Waals surface area contributed by atoms with Crippen LogP contribution in [-0.4, -0.2) is 54.0 Å². The molecule has 18 heavy (non-hydrogen) atoms. The fourth-order valence-corrected chi connectivity index (χ4v) is 0.739. The predicted molar refractivity (Wildman–Crippen MR) is 56.9 cm³/mol. The van der Waals surface area contributed by atoms with Crippen molar-refractivity contribution in [1.82, 2.24) is 10.6 Å². The van der Waals surface area contributed by atoms with Crippen molar-refractivity contribution in [3.05, 3.63) is 12.7 Å². The Bertz CT molecular complexity index is 318. The first-order valence-electron chi connectivity index (χ1n) is 4.83. The molecule has 0 aromatic carbocycles. The molecule has 0 aliphatic heterocycles. The van der Waals surface area contributed by atoms with Crippen LogP contribution in [0.3, 0.4) is 0 Å². The molecule has 0 aliphatic rings. The summed E-state index contributed by atoms with van der Waals surface area (Å²) in [6.45, 7) is 2.27. The van der Waals surface area contributed by atoms with Gasteiger partial charge in [-0.15, -0.1) is 0 Å². The summed E-state index contributed by atoms with van der Waals surface area (Å²) >= 11 is 0. The lowest BCUT2D eigenvalue weighted by atomic mass is 10.5. The molecule has 0 heterocycles. The van der Waals surface area contributed by atoms with Crippen LogP contribution >= 0.6 is 0 Å². The third-order valence-electron chi connectivity index (χ3n) is 1.48. The van der Waals surface area contributed by atoms with Crippen LogP contribution in [0, 0.1) is 0 Å². The number of hydrogen-bond acceptors (Lipinski definition) is 8. The Balaban J connectivity index is 3.58. The monoisotopic (exact) mass is 262 g/mol. The highest BCUT2D eigenvalue weighted by Gasteiger charge is 2.09. The second-order valence-electron chi connectivity index (χ2n) is 2.98. The summed E-state index contributed by atoms with van der Waals surface area (Å²) < 4.78 is 0. The molecule has 1 atom stereocenters. The molecule has 0 spiro atoms. The highest BCUT2D eigenvalue weighted by atomic mass is 17.2. The summed E-state index contributed by atoms with van der Waals surface area (Å²) in [7, 11) is 0. The van der Waals surface area contributed by atoms with Crippen molar-refractivity contribution in [3.8, 4) is 0 Å². The summed E-state index contributed by atoms with van der Waals surface area (Å²) in [5.41, 5.74) is 0. The molecule has 9 nitrogen and oxygen atoms in total. The molecule has 0 amide bonds. The average Bonchev–Trinajstić information content (AvgIpc) is 2.33. The van der Waals surface area contributed by atoms with Gasteiger partial charge in [-0.05, 0) is 0 Å². The van der Waals surface area contributed by atoms with E-state index in [1.54, 1.807) is 0 Å². The number of aliphatic hydroxyl groups is 1. The van der Waals surface area contributed by atoms with E-state index in [0.717, 1.165) is 6.08 Å². The van der Waals surface area contributed by atoms with E-state index in [1.165, 1.54) is 0 Å². The van der Waals surface area contributed by atoms with Gasteiger partial charge in [0.05, 0.1) is 13.1 Å². The molecule has 0 aromatic heterocycles. The minimum Gasteiger partial charge on any atom is -0.480 e. The molecular formula is C9H14N2O7. The summed E-state index contributed by atoms with van der Waals surface area (Å²) in [6.07, 6.45) is -0.315. The lowest BCUT2D eigenvalue weighted by molar-refractivity contribution is -0.254. The minimum atomic E-state index is -1.13. The summed E-state index contributed by atoms with van der Waals surface area (Å²) in [4.78, 5) is 39.6. The van der Waals surface area contributed by atoms with Crippen LogP contribution < -0.4 is 10.6 Å². The van der Waals surface area contributed by atoms with Gasteiger partial charge < -0.3 is 15.5 Å². The van der Waals surface area contributed by atoms with Crippen molar-refractivity contribution in [2.45, 2.75) is 6.23 Å². The first-order valence-corrected chi connectivity index (χ1v) is 4.83. The molecular weight excluding hydrogens is 248 g/mol. The van der Waals surface area contributed by atoms with Crippen molar-refractivity contribution >= 4 is 17.9 Å². The van der Waals surface area contributed by atoms with Gasteiger partial charge in [0.15, 0.2) is 0 Å². The number of carbonyl (C=O) groups is 3. The average molecular weight is 262 g/mol. The van der Waals surface area contributed by atoms with E-state index in [-0.39, 0.29) is 13.1 Å². The summed E-state index contributed by atoms with van der Waals surface area (Å²) in [6, 6.07) is 0. The van der Waals surface area contributed by atoms with Crippen LogP contribution in [0.15, 0.2) is 12.7 Å². The zero-order valence-electron chi connectivity index (χ0n) is 9.42. The number of carboxylic acids is 1. The van der Waals surface area contributed by atoms with Crippen molar-refractivity contribution in [3.63, 3.8) is 0 Å². The number of nitrogens with one attached hydrogen (secondary N) is 2. The Kier molecular flexibility index (Phi) is 8.10. The van der Waals surface area contributed by atoms with Gasteiger partial charge in [-0.25, -0.2) is 19.4 Å². The fourth-order valence-electron chi connectivity index (χ4n) is 0.739. The molecule has 0 rings (SSSR count).